The Bertz CT molecular complexity index is 995. The Labute approximate surface area is 160 Å². The van der Waals surface area contributed by atoms with E-state index >= 15 is 0 Å². The van der Waals surface area contributed by atoms with Crippen molar-refractivity contribution in [1.29, 1.82) is 0 Å². The number of hydrogen-bond acceptors (Lipinski definition) is 7. The van der Waals surface area contributed by atoms with Crippen LogP contribution in [0.3, 0.4) is 0 Å². The molecule has 2 aromatic rings. The smallest absolute Gasteiger partial charge is 0.347 e. The summed E-state index contributed by atoms with van der Waals surface area (Å²) < 4.78 is 10.5. The molecule has 0 aromatic heterocycles. The number of nitrogens with one attached hydrogen (secondary N) is 1. The monoisotopic (exact) mass is 380 g/mol. The maximum absolute atomic E-state index is 12.7. The van der Waals surface area contributed by atoms with E-state index in [1.807, 2.05) is 6.07 Å². The number of allylic oxidation sites excluding steroid dienone is 1. The van der Waals surface area contributed by atoms with Gasteiger partial charge in [0.1, 0.15) is 0 Å². The first kappa shape index (κ1) is 18.8. The Morgan fingerprint density at radius 1 is 1.21 bits per heavy atom. The van der Waals surface area contributed by atoms with Crippen LogP contribution >= 0.6 is 0 Å². The number of rotatable bonds is 6. The minimum Gasteiger partial charge on any atom is -0.462 e. The zero-order chi connectivity index (χ0) is 20.1. The molecule has 1 aliphatic rings. The molecule has 0 spiro atoms. The van der Waals surface area contributed by atoms with Gasteiger partial charge in [-0.1, -0.05) is 30.3 Å². The van der Waals surface area contributed by atoms with Gasteiger partial charge in [-0.15, -0.1) is 0 Å². The molecule has 0 saturated heterocycles. The van der Waals surface area contributed by atoms with Gasteiger partial charge in [-0.3, -0.25) is 14.9 Å². The largest absolute Gasteiger partial charge is 0.462 e. The number of non-ortho nitro benzene ring substituents is 1. The van der Waals surface area contributed by atoms with Crippen molar-refractivity contribution < 1.29 is 24.0 Å². The topological polar surface area (TPSA) is 108 Å². The summed E-state index contributed by atoms with van der Waals surface area (Å²) in [6.07, 6.45) is 1.34. The number of nitro benzene ring substituents is 1. The standard InChI is InChI=1S/C20H16N2O6/c1-2-27-20(24)17-18(23)16(12-13-7-6-10-15(11-13)22(25)26)28-19(17)21-14-8-4-3-5-9-14/h3-12,21H,2H2,1H3/b16-12-. The summed E-state index contributed by atoms with van der Waals surface area (Å²) >= 11 is 0. The molecule has 0 fully saturated rings. The lowest BCUT2D eigenvalue weighted by Crippen LogP contribution is -2.16. The second kappa shape index (κ2) is 8.17. The molecule has 0 bridgehead atoms. The van der Waals surface area contributed by atoms with Crippen molar-refractivity contribution in [2.24, 2.45) is 0 Å². The number of benzene rings is 2. The Balaban J connectivity index is 1.95. The molecule has 8 heteroatoms. The van der Waals surface area contributed by atoms with Crippen molar-refractivity contribution in [2.75, 3.05) is 11.9 Å². The van der Waals surface area contributed by atoms with E-state index in [1.54, 1.807) is 37.3 Å². The molecule has 0 aliphatic carbocycles. The first-order chi connectivity index (χ1) is 13.5. The molecule has 1 aliphatic heterocycles. The van der Waals surface area contributed by atoms with Crippen LogP contribution < -0.4 is 5.32 Å². The van der Waals surface area contributed by atoms with E-state index in [9.17, 15) is 19.7 Å². The zero-order valence-corrected chi connectivity index (χ0v) is 14.9. The molecule has 0 saturated carbocycles. The van der Waals surface area contributed by atoms with E-state index in [4.69, 9.17) is 9.47 Å². The number of nitrogens with zero attached hydrogens (tertiary/aromatic N) is 1. The third-order valence-electron chi connectivity index (χ3n) is 3.78. The SMILES string of the molecule is CCOC(=O)C1=C(Nc2ccccc2)O/C(=C\c2cccc([N+](=O)[O-])c2)C1=O. The van der Waals surface area contributed by atoms with Crippen LogP contribution in [0.1, 0.15) is 12.5 Å². The molecular formula is C20H16N2O6. The molecular weight excluding hydrogens is 364 g/mol. The summed E-state index contributed by atoms with van der Waals surface area (Å²) in [7, 11) is 0. The number of para-hydroxylation sites is 1. The van der Waals surface area contributed by atoms with Gasteiger partial charge in [-0.25, -0.2) is 4.79 Å². The van der Waals surface area contributed by atoms with E-state index in [0.29, 0.717) is 11.3 Å². The van der Waals surface area contributed by atoms with Gasteiger partial charge < -0.3 is 14.8 Å². The molecule has 0 unspecified atom stereocenters. The van der Waals surface area contributed by atoms with Crippen LogP contribution in [0.5, 0.6) is 0 Å². The van der Waals surface area contributed by atoms with E-state index in [2.05, 4.69) is 5.32 Å². The lowest BCUT2D eigenvalue weighted by atomic mass is 10.1. The number of ether oxygens (including phenoxy) is 2. The Kier molecular flexibility index (Phi) is 5.50. The van der Waals surface area contributed by atoms with Gasteiger partial charge in [0.15, 0.2) is 11.3 Å². The molecule has 28 heavy (non-hydrogen) atoms. The molecule has 0 radical (unpaired) electrons. The highest BCUT2D eigenvalue weighted by Crippen LogP contribution is 2.29. The Morgan fingerprint density at radius 3 is 2.64 bits per heavy atom. The fourth-order valence-corrected chi connectivity index (χ4v) is 2.54. The first-order valence-corrected chi connectivity index (χ1v) is 8.41. The number of nitro groups is 1. The summed E-state index contributed by atoms with van der Waals surface area (Å²) in [5.74, 6) is -1.66. The van der Waals surface area contributed by atoms with Crippen molar-refractivity contribution in [1.82, 2.24) is 0 Å². The number of carbonyl (C=O) groups excluding carboxylic acids is 2. The third-order valence-corrected chi connectivity index (χ3v) is 3.78. The van der Waals surface area contributed by atoms with Gasteiger partial charge >= 0.3 is 5.97 Å². The molecule has 2 aromatic carbocycles. The van der Waals surface area contributed by atoms with Crippen LogP contribution in [0.4, 0.5) is 11.4 Å². The molecule has 1 heterocycles. The van der Waals surface area contributed by atoms with Crippen LogP contribution in [0.2, 0.25) is 0 Å². The summed E-state index contributed by atoms with van der Waals surface area (Å²) in [5, 5.41) is 13.8. The van der Waals surface area contributed by atoms with Crippen molar-refractivity contribution in [3.05, 3.63) is 87.5 Å². The number of hydrogen-bond donors (Lipinski definition) is 1. The summed E-state index contributed by atoms with van der Waals surface area (Å²) in [4.78, 5) is 35.4. The number of esters is 1. The van der Waals surface area contributed by atoms with Crippen molar-refractivity contribution >= 4 is 29.2 Å². The molecule has 0 atom stereocenters. The Morgan fingerprint density at radius 2 is 1.96 bits per heavy atom. The van der Waals surface area contributed by atoms with E-state index < -0.39 is 16.7 Å². The van der Waals surface area contributed by atoms with Crippen molar-refractivity contribution in [3.8, 4) is 0 Å². The van der Waals surface area contributed by atoms with Gasteiger partial charge in [0, 0.05) is 17.8 Å². The van der Waals surface area contributed by atoms with Crippen LogP contribution in [-0.4, -0.2) is 23.3 Å². The van der Waals surface area contributed by atoms with Crippen LogP contribution in [0, 0.1) is 10.1 Å². The maximum Gasteiger partial charge on any atom is 0.347 e. The van der Waals surface area contributed by atoms with Gasteiger partial charge in [0.25, 0.3) is 5.69 Å². The average molecular weight is 380 g/mol. The summed E-state index contributed by atoms with van der Waals surface area (Å²) in [5.41, 5.74) is 0.619. The third kappa shape index (κ3) is 4.07. The molecule has 0 amide bonds. The highest BCUT2D eigenvalue weighted by molar-refractivity contribution is 6.26. The normalized spacial score (nSPS) is 14.8. The van der Waals surface area contributed by atoms with E-state index in [0.717, 1.165) is 0 Å². The highest BCUT2D eigenvalue weighted by Gasteiger charge is 2.37. The van der Waals surface area contributed by atoms with Gasteiger partial charge in [-0.05, 0) is 30.7 Å². The van der Waals surface area contributed by atoms with Gasteiger partial charge in [0.05, 0.1) is 11.5 Å². The molecule has 1 N–H and O–H groups in total. The number of ketones is 1. The number of anilines is 1. The summed E-state index contributed by atoms with van der Waals surface area (Å²) in [6.45, 7) is 1.72. The fourth-order valence-electron chi connectivity index (χ4n) is 2.54. The molecule has 8 nitrogen and oxygen atoms in total. The molecule has 142 valence electrons. The van der Waals surface area contributed by atoms with E-state index in [1.165, 1.54) is 24.3 Å². The Hall–Kier alpha value is -3.94. The quantitative estimate of drug-likeness (QED) is 0.269. The minimum absolute atomic E-state index is 0.0497. The van der Waals surface area contributed by atoms with Gasteiger partial charge in [-0.2, -0.15) is 0 Å². The lowest BCUT2D eigenvalue weighted by Gasteiger charge is -2.08. The minimum atomic E-state index is -0.812. The zero-order valence-electron chi connectivity index (χ0n) is 14.9. The average Bonchev–Trinajstić information content (AvgIpc) is 2.98. The van der Waals surface area contributed by atoms with Gasteiger partial charge in [0.2, 0.25) is 11.7 Å². The fraction of sp³-hybridized carbons (Fsp3) is 0.100. The van der Waals surface area contributed by atoms with Crippen molar-refractivity contribution in [2.45, 2.75) is 6.92 Å². The number of carbonyl (C=O) groups is 2. The van der Waals surface area contributed by atoms with Crippen LogP contribution in [0.15, 0.2) is 71.8 Å². The predicted octanol–water partition coefficient (Wildman–Crippen LogP) is 3.42. The predicted molar refractivity (Wildman–Crippen MR) is 101 cm³/mol. The second-order valence-electron chi connectivity index (χ2n) is 5.71. The highest BCUT2D eigenvalue weighted by atomic mass is 16.6. The van der Waals surface area contributed by atoms with Crippen LogP contribution in [-0.2, 0) is 19.1 Å². The first-order valence-electron chi connectivity index (χ1n) is 8.41. The van der Waals surface area contributed by atoms with Crippen molar-refractivity contribution in [3.63, 3.8) is 0 Å². The summed E-state index contributed by atoms with van der Waals surface area (Å²) in [6, 6.07) is 14.6. The molecule has 3 rings (SSSR count). The number of Topliss-reactive ketones (excluding diaryl/α,β-unsaturated/α-hetero) is 1. The van der Waals surface area contributed by atoms with E-state index in [-0.39, 0.29) is 29.5 Å². The lowest BCUT2D eigenvalue weighted by molar-refractivity contribution is -0.384. The second-order valence-corrected chi connectivity index (χ2v) is 5.71. The van der Waals surface area contributed by atoms with Crippen LogP contribution in [0.25, 0.3) is 6.08 Å². The maximum atomic E-state index is 12.7.